The van der Waals surface area contributed by atoms with Crippen LogP contribution in [0, 0.1) is 0 Å². The third kappa shape index (κ3) is 3.68. The topological polar surface area (TPSA) is 103 Å². The highest BCUT2D eigenvalue weighted by Crippen LogP contribution is 2.31. The Balaban J connectivity index is 1.46. The van der Waals surface area contributed by atoms with E-state index in [0.717, 1.165) is 25.8 Å². The van der Waals surface area contributed by atoms with Gasteiger partial charge in [0.15, 0.2) is 11.6 Å². The molecule has 0 spiro atoms. The number of hydrogen-bond donors (Lipinski definition) is 0. The summed E-state index contributed by atoms with van der Waals surface area (Å²) in [5.74, 6) is 2.90. The predicted molar refractivity (Wildman–Crippen MR) is 88.9 cm³/mol. The summed E-state index contributed by atoms with van der Waals surface area (Å²) in [4.78, 5) is 11.2. The van der Waals surface area contributed by atoms with Crippen LogP contribution in [-0.2, 0) is 17.7 Å². The fourth-order valence-corrected chi connectivity index (χ4v) is 3.16. The first-order chi connectivity index (χ1) is 12.8. The molecule has 9 heteroatoms. The molecule has 138 valence electrons. The van der Waals surface area contributed by atoms with Gasteiger partial charge < -0.3 is 18.2 Å². The van der Waals surface area contributed by atoms with E-state index in [1.54, 1.807) is 25.5 Å². The first-order valence-corrected chi connectivity index (χ1v) is 8.75. The second-order valence-corrected chi connectivity index (χ2v) is 6.26. The van der Waals surface area contributed by atoms with Crippen LogP contribution in [0.15, 0.2) is 31.9 Å². The van der Waals surface area contributed by atoms with Crippen molar-refractivity contribution < 1.29 is 18.2 Å². The number of furan rings is 1. The fourth-order valence-electron chi connectivity index (χ4n) is 3.16. The summed E-state index contributed by atoms with van der Waals surface area (Å²) in [5, 5.41) is 8.04. The number of ether oxygens (including phenoxy) is 1. The molecule has 9 nitrogen and oxygen atoms in total. The molecule has 1 fully saturated rings. The predicted octanol–water partition coefficient (Wildman–Crippen LogP) is 2.63. The lowest BCUT2D eigenvalue weighted by atomic mass is 10.0. The fraction of sp³-hybridized carbons (Fsp3) is 0.529. The minimum Gasteiger partial charge on any atom is -0.461 e. The van der Waals surface area contributed by atoms with Gasteiger partial charge in [0, 0.05) is 13.5 Å². The molecule has 1 aliphatic rings. The minimum absolute atomic E-state index is 0.0616. The van der Waals surface area contributed by atoms with E-state index in [1.165, 1.54) is 0 Å². The van der Waals surface area contributed by atoms with Gasteiger partial charge in [0.2, 0.25) is 17.6 Å². The lowest BCUT2D eigenvalue weighted by molar-refractivity contribution is 0.0985. The smallest absolute Gasteiger partial charge is 0.244 e. The zero-order valence-corrected chi connectivity index (χ0v) is 14.6. The van der Waals surface area contributed by atoms with Crippen molar-refractivity contribution in [3.8, 4) is 11.6 Å². The molecule has 3 aromatic heterocycles. The van der Waals surface area contributed by atoms with Crippen molar-refractivity contribution in [3.05, 3.63) is 36.0 Å². The average molecular weight is 359 g/mol. The monoisotopic (exact) mass is 359 g/mol. The molecule has 1 unspecified atom stereocenters. The van der Waals surface area contributed by atoms with Crippen LogP contribution in [0.1, 0.15) is 42.9 Å². The summed E-state index contributed by atoms with van der Waals surface area (Å²) in [6, 6.07) is 3.66. The Bertz CT molecular complexity index is 813. The molecule has 26 heavy (non-hydrogen) atoms. The van der Waals surface area contributed by atoms with Crippen LogP contribution in [0.3, 0.4) is 0 Å². The highest BCUT2D eigenvalue weighted by atomic mass is 16.5. The van der Waals surface area contributed by atoms with E-state index in [4.69, 9.17) is 18.2 Å². The number of nitrogens with zero attached hydrogens (tertiary/aromatic N) is 5. The molecule has 1 saturated heterocycles. The molecular weight excluding hydrogens is 338 g/mol. The number of aromatic nitrogens is 4. The van der Waals surface area contributed by atoms with Crippen LogP contribution >= 0.6 is 0 Å². The molecule has 0 radical (unpaired) electrons. The number of methoxy groups -OCH3 is 1. The molecule has 4 heterocycles. The standard InChI is InChI=1S/C17H21N5O4/c1-23-10-7-14-18-17(26-20-14)12-5-2-3-8-22(12)11-15-19-16(21-25-15)13-6-4-9-24-13/h4,6,9,12H,2-3,5,7-8,10-11H2,1H3. The van der Waals surface area contributed by atoms with Crippen LogP contribution in [0.25, 0.3) is 11.6 Å². The van der Waals surface area contributed by atoms with E-state index in [1.807, 2.05) is 0 Å². The maximum absolute atomic E-state index is 5.49. The average Bonchev–Trinajstić information content (AvgIpc) is 3.41. The molecule has 0 amide bonds. The SMILES string of the molecule is COCCc1noc(C2CCCCN2Cc2nc(-c3ccco3)no2)n1. The molecule has 1 atom stereocenters. The molecular formula is C17H21N5O4. The van der Waals surface area contributed by atoms with Crippen molar-refractivity contribution in [1.29, 1.82) is 0 Å². The van der Waals surface area contributed by atoms with Gasteiger partial charge in [0.25, 0.3) is 0 Å². The number of piperidine rings is 1. The zero-order chi connectivity index (χ0) is 17.8. The Morgan fingerprint density at radius 1 is 1.23 bits per heavy atom. The first kappa shape index (κ1) is 16.9. The highest BCUT2D eigenvalue weighted by molar-refractivity contribution is 5.44. The maximum atomic E-state index is 5.49. The highest BCUT2D eigenvalue weighted by Gasteiger charge is 2.30. The number of rotatable bonds is 7. The molecule has 1 aliphatic heterocycles. The van der Waals surface area contributed by atoms with E-state index in [-0.39, 0.29) is 6.04 Å². The van der Waals surface area contributed by atoms with Crippen molar-refractivity contribution >= 4 is 0 Å². The largest absolute Gasteiger partial charge is 0.461 e. The summed E-state index contributed by atoms with van der Waals surface area (Å²) < 4.78 is 21.3. The molecule has 0 N–H and O–H groups in total. The third-order valence-electron chi connectivity index (χ3n) is 4.46. The lowest BCUT2D eigenvalue weighted by Crippen LogP contribution is -2.33. The third-order valence-corrected chi connectivity index (χ3v) is 4.46. The summed E-state index contributed by atoms with van der Waals surface area (Å²) >= 11 is 0. The van der Waals surface area contributed by atoms with Crippen molar-refractivity contribution in [2.45, 2.75) is 38.3 Å². The van der Waals surface area contributed by atoms with Crippen LogP contribution in [0.4, 0.5) is 0 Å². The molecule has 0 aliphatic carbocycles. The van der Waals surface area contributed by atoms with Gasteiger partial charge in [0.1, 0.15) is 0 Å². The lowest BCUT2D eigenvalue weighted by Gasteiger charge is -2.31. The van der Waals surface area contributed by atoms with Crippen molar-refractivity contribution in [1.82, 2.24) is 25.2 Å². The van der Waals surface area contributed by atoms with Crippen LogP contribution < -0.4 is 0 Å². The second kappa shape index (κ2) is 7.79. The Kier molecular flexibility index (Phi) is 5.07. The second-order valence-electron chi connectivity index (χ2n) is 6.26. The number of likely N-dealkylation sites (tertiary alicyclic amines) is 1. The van der Waals surface area contributed by atoms with Gasteiger partial charge in [-0.3, -0.25) is 4.90 Å². The Morgan fingerprint density at radius 3 is 3.04 bits per heavy atom. The molecule has 0 saturated carbocycles. The maximum Gasteiger partial charge on any atom is 0.244 e. The summed E-state index contributed by atoms with van der Waals surface area (Å²) in [6.45, 7) is 2.03. The van der Waals surface area contributed by atoms with Crippen molar-refractivity contribution in [2.75, 3.05) is 20.3 Å². The molecule has 3 aromatic rings. The summed E-state index contributed by atoms with van der Waals surface area (Å²) in [5.41, 5.74) is 0. The Morgan fingerprint density at radius 2 is 2.19 bits per heavy atom. The summed E-state index contributed by atoms with van der Waals surface area (Å²) in [7, 11) is 1.66. The van der Waals surface area contributed by atoms with Gasteiger partial charge in [-0.1, -0.05) is 16.7 Å². The first-order valence-electron chi connectivity index (χ1n) is 8.75. The van der Waals surface area contributed by atoms with Gasteiger partial charge >= 0.3 is 0 Å². The van der Waals surface area contributed by atoms with E-state index in [0.29, 0.717) is 48.8 Å². The molecule has 0 bridgehead atoms. The van der Waals surface area contributed by atoms with Crippen LogP contribution in [-0.4, -0.2) is 45.4 Å². The van der Waals surface area contributed by atoms with Gasteiger partial charge in [0.05, 0.1) is 25.5 Å². The van der Waals surface area contributed by atoms with Crippen molar-refractivity contribution in [2.24, 2.45) is 0 Å². The van der Waals surface area contributed by atoms with Gasteiger partial charge in [-0.05, 0) is 31.5 Å². The Hall–Kier alpha value is -2.52. The van der Waals surface area contributed by atoms with Gasteiger partial charge in [-0.25, -0.2) is 0 Å². The van der Waals surface area contributed by atoms with Gasteiger partial charge in [-0.2, -0.15) is 9.97 Å². The minimum atomic E-state index is 0.0616. The summed E-state index contributed by atoms with van der Waals surface area (Å²) in [6.07, 6.45) is 5.43. The van der Waals surface area contributed by atoms with Gasteiger partial charge in [-0.15, -0.1) is 0 Å². The number of hydrogen-bond acceptors (Lipinski definition) is 9. The zero-order valence-electron chi connectivity index (χ0n) is 14.6. The van der Waals surface area contributed by atoms with Crippen LogP contribution in [0.2, 0.25) is 0 Å². The van der Waals surface area contributed by atoms with Crippen molar-refractivity contribution in [3.63, 3.8) is 0 Å². The molecule has 0 aromatic carbocycles. The normalized spacial score (nSPS) is 18.4. The van der Waals surface area contributed by atoms with E-state index in [2.05, 4.69) is 25.2 Å². The van der Waals surface area contributed by atoms with E-state index in [9.17, 15) is 0 Å². The van der Waals surface area contributed by atoms with E-state index < -0.39 is 0 Å². The van der Waals surface area contributed by atoms with Crippen LogP contribution in [0.5, 0.6) is 0 Å². The quantitative estimate of drug-likeness (QED) is 0.629. The van der Waals surface area contributed by atoms with E-state index >= 15 is 0 Å². The molecule has 4 rings (SSSR count). The Labute approximate surface area is 150 Å².